The van der Waals surface area contributed by atoms with Gasteiger partial charge >= 0.3 is 0 Å². The molecule has 0 aromatic heterocycles. The zero-order valence-corrected chi connectivity index (χ0v) is 10.0. The molecule has 1 N–H and O–H groups in total. The predicted octanol–water partition coefficient (Wildman–Crippen LogP) is 2.11. The van der Waals surface area contributed by atoms with Crippen molar-refractivity contribution in [2.75, 3.05) is 26.9 Å². The lowest BCUT2D eigenvalue weighted by Gasteiger charge is -2.11. The zero-order valence-electron chi connectivity index (χ0n) is 10.0. The van der Waals surface area contributed by atoms with Crippen molar-refractivity contribution in [2.45, 2.75) is 26.4 Å². The molecule has 0 aromatic carbocycles. The Labute approximate surface area is 93.2 Å². The Kier molecular flexibility index (Phi) is 10.7. The van der Waals surface area contributed by atoms with E-state index in [0.717, 1.165) is 13.0 Å². The van der Waals surface area contributed by atoms with Gasteiger partial charge in [-0.3, -0.25) is 0 Å². The van der Waals surface area contributed by atoms with Crippen molar-refractivity contribution in [3.05, 3.63) is 24.4 Å². The Balaban J connectivity index is 3.72. The fraction of sp³-hybridized carbons (Fsp3) is 0.667. The first-order valence-electron chi connectivity index (χ1n) is 5.46. The van der Waals surface area contributed by atoms with E-state index >= 15 is 0 Å². The van der Waals surface area contributed by atoms with Crippen LogP contribution in [0.15, 0.2) is 24.4 Å². The third-order valence-corrected chi connectivity index (χ3v) is 1.83. The van der Waals surface area contributed by atoms with E-state index in [1.54, 1.807) is 7.11 Å². The zero-order chi connectivity index (χ0) is 11.4. The summed E-state index contributed by atoms with van der Waals surface area (Å²) < 4.78 is 10.5. The molecular weight excluding hydrogens is 190 g/mol. The number of nitrogens with one attached hydrogen (secondary N) is 1. The van der Waals surface area contributed by atoms with Crippen molar-refractivity contribution in [3.8, 4) is 0 Å². The fourth-order valence-electron chi connectivity index (χ4n) is 1.10. The van der Waals surface area contributed by atoms with Crippen LogP contribution in [0.5, 0.6) is 0 Å². The summed E-state index contributed by atoms with van der Waals surface area (Å²) in [5, 5.41) is 3.13. The number of rotatable bonds is 9. The van der Waals surface area contributed by atoms with Gasteiger partial charge in [0.1, 0.15) is 0 Å². The smallest absolute Gasteiger partial charge is 0.0791 e. The third kappa shape index (κ3) is 9.50. The van der Waals surface area contributed by atoms with Gasteiger partial charge in [0.2, 0.25) is 0 Å². The minimum atomic E-state index is 0.153. The first-order chi connectivity index (χ1) is 7.35. The molecule has 0 heterocycles. The van der Waals surface area contributed by atoms with Crippen molar-refractivity contribution in [2.24, 2.45) is 0 Å². The van der Waals surface area contributed by atoms with Gasteiger partial charge in [0.25, 0.3) is 0 Å². The Morgan fingerprint density at radius 1 is 1.33 bits per heavy atom. The molecule has 0 fully saturated rings. The first kappa shape index (κ1) is 14.2. The van der Waals surface area contributed by atoms with E-state index in [4.69, 9.17) is 9.47 Å². The molecule has 1 atom stereocenters. The number of ether oxygens (including phenoxy) is 2. The molecule has 0 rings (SSSR count). The lowest BCUT2D eigenvalue weighted by molar-refractivity contribution is 0.0409. The van der Waals surface area contributed by atoms with E-state index in [2.05, 4.69) is 24.4 Å². The molecular formula is C12H23NO2. The topological polar surface area (TPSA) is 30.5 Å². The summed E-state index contributed by atoms with van der Waals surface area (Å²) >= 11 is 0. The van der Waals surface area contributed by atoms with E-state index in [-0.39, 0.29) is 6.10 Å². The standard InChI is InChI=1S/C12H23NO2/c1-4-7-12(15-11-10-14-3)8-6-9-13-5-2/h4,6-7,9,12-13H,5,8,10-11H2,1-3H3/b7-4-,9-6+. The van der Waals surface area contributed by atoms with Gasteiger partial charge in [-0.05, 0) is 26.5 Å². The van der Waals surface area contributed by atoms with Crippen LogP contribution < -0.4 is 5.32 Å². The second-order valence-electron chi connectivity index (χ2n) is 3.12. The monoisotopic (exact) mass is 213 g/mol. The highest BCUT2D eigenvalue weighted by atomic mass is 16.5. The summed E-state index contributed by atoms with van der Waals surface area (Å²) in [6.07, 6.45) is 9.17. The van der Waals surface area contributed by atoms with Gasteiger partial charge in [0.05, 0.1) is 19.3 Å². The normalized spacial score (nSPS) is 13.8. The Morgan fingerprint density at radius 2 is 2.13 bits per heavy atom. The highest BCUT2D eigenvalue weighted by Gasteiger charge is 2.01. The lowest BCUT2D eigenvalue weighted by Crippen LogP contribution is -2.13. The van der Waals surface area contributed by atoms with Gasteiger partial charge in [0.15, 0.2) is 0 Å². The molecule has 0 bridgehead atoms. The van der Waals surface area contributed by atoms with Crippen LogP contribution in [0.3, 0.4) is 0 Å². The number of hydrogen-bond acceptors (Lipinski definition) is 3. The summed E-state index contributed by atoms with van der Waals surface area (Å²) in [7, 11) is 1.68. The molecule has 3 nitrogen and oxygen atoms in total. The van der Waals surface area contributed by atoms with Crippen LogP contribution >= 0.6 is 0 Å². The van der Waals surface area contributed by atoms with Crippen molar-refractivity contribution in [1.82, 2.24) is 5.32 Å². The molecule has 15 heavy (non-hydrogen) atoms. The number of allylic oxidation sites excluding steroid dienone is 1. The summed E-state index contributed by atoms with van der Waals surface area (Å²) in [6.45, 7) is 6.31. The fourth-order valence-corrected chi connectivity index (χ4v) is 1.10. The second kappa shape index (κ2) is 11.3. The molecule has 0 saturated carbocycles. The maximum Gasteiger partial charge on any atom is 0.0791 e. The van der Waals surface area contributed by atoms with Crippen molar-refractivity contribution < 1.29 is 9.47 Å². The molecule has 3 heteroatoms. The SMILES string of the molecule is C/C=C\C(C/C=C/NCC)OCCOC. The molecule has 0 aliphatic rings. The van der Waals surface area contributed by atoms with Crippen molar-refractivity contribution in [3.63, 3.8) is 0 Å². The summed E-state index contributed by atoms with van der Waals surface area (Å²) in [6, 6.07) is 0. The van der Waals surface area contributed by atoms with E-state index in [1.807, 2.05) is 19.2 Å². The predicted molar refractivity (Wildman–Crippen MR) is 63.9 cm³/mol. The van der Waals surface area contributed by atoms with Crippen LogP contribution in [-0.4, -0.2) is 33.0 Å². The van der Waals surface area contributed by atoms with E-state index < -0.39 is 0 Å². The average molecular weight is 213 g/mol. The maximum atomic E-state index is 5.61. The van der Waals surface area contributed by atoms with E-state index in [0.29, 0.717) is 13.2 Å². The quantitative estimate of drug-likeness (QED) is 0.470. The first-order valence-corrected chi connectivity index (χ1v) is 5.46. The van der Waals surface area contributed by atoms with Gasteiger partial charge in [-0.25, -0.2) is 0 Å². The largest absolute Gasteiger partial charge is 0.391 e. The number of methoxy groups -OCH3 is 1. The van der Waals surface area contributed by atoms with Gasteiger partial charge in [-0.15, -0.1) is 0 Å². The minimum absolute atomic E-state index is 0.153. The minimum Gasteiger partial charge on any atom is -0.391 e. The number of hydrogen-bond donors (Lipinski definition) is 1. The highest BCUT2D eigenvalue weighted by molar-refractivity contribution is 4.93. The highest BCUT2D eigenvalue weighted by Crippen LogP contribution is 2.01. The Morgan fingerprint density at radius 3 is 2.73 bits per heavy atom. The second-order valence-corrected chi connectivity index (χ2v) is 3.12. The van der Waals surface area contributed by atoms with Gasteiger partial charge < -0.3 is 14.8 Å². The van der Waals surface area contributed by atoms with E-state index in [9.17, 15) is 0 Å². The average Bonchev–Trinajstić information content (AvgIpc) is 2.24. The summed E-state index contributed by atoms with van der Waals surface area (Å²) in [5.41, 5.74) is 0. The molecule has 1 unspecified atom stereocenters. The molecule has 0 radical (unpaired) electrons. The van der Waals surface area contributed by atoms with Gasteiger partial charge in [0, 0.05) is 13.7 Å². The van der Waals surface area contributed by atoms with E-state index in [1.165, 1.54) is 0 Å². The summed E-state index contributed by atoms with van der Waals surface area (Å²) in [5.74, 6) is 0. The molecule has 0 spiro atoms. The Hall–Kier alpha value is -0.800. The van der Waals surface area contributed by atoms with Gasteiger partial charge in [-0.1, -0.05) is 18.2 Å². The lowest BCUT2D eigenvalue weighted by atomic mass is 10.2. The van der Waals surface area contributed by atoms with Crippen LogP contribution in [-0.2, 0) is 9.47 Å². The summed E-state index contributed by atoms with van der Waals surface area (Å²) in [4.78, 5) is 0. The van der Waals surface area contributed by atoms with Crippen molar-refractivity contribution in [1.29, 1.82) is 0 Å². The van der Waals surface area contributed by atoms with Crippen LogP contribution in [0.1, 0.15) is 20.3 Å². The molecule has 0 saturated heterocycles. The molecule has 0 amide bonds. The van der Waals surface area contributed by atoms with Crippen LogP contribution in [0, 0.1) is 0 Å². The van der Waals surface area contributed by atoms with Gasteiger partial charge in [-0.2, -0.15) is 0 Å². The molecule has 0 aliphatic heterocycles. The van der Waals surface area contributed by atoms with Crippen LogP contribution in [0.2, 0.25) is 0 Å². The van der Waals surface area contributed by atoms with Crippen molar-refractivity contribution >= 4 is 0 Å². The molecule has 88 valence electrons. The van der Waals surface area contributed by atoms with Crippen LogP contribution in [0.25, 0.3) is 0 Å². The molecule has 0 aliphatic carbocycles. The third-order valence-electron chi connectivity index (χ3n) is 1.83. The molecule has 0 aromatic rings. The Bertz CT molecular complexity index is 178. The maximum absolute atomic E-state index is 5.61. The van der Waals surface area contributed by atoms with Crippen LogP contribution in [0.4, 0.5) is 0 Å².